The largest absolute Gasteiger partial charge is 0.497 e. The van der Waals surface area contributed by atoms with Gasteiger partial charge in [0.2, 0.25) is 0 Å². The fourth-order valence-corrected chi connectivity index (χ4v) is 2.65. The first-order valence-electron chi connectivity index (χ1n) is 8.39. The van der Waals surface area contributed by atoms with Crippen LogP contribution in [0, 0.1) is 0 Å². The molecule has 0 bridgehead atoms. The van der Waals surface area contributed by atoms with Gasteiger partial charge < -0.3 is 19.5 Å². The Labute approximate surface area is 163 Å². The maximum Gasteiger partial charge on any atom is 0.310 e. The molecule has 7 heteroatoms. The zero-order chi connectivity index (χ0) is 19.6. The van der Waals surface area contributed by atoms with Crippen LogP contribution < -0.4 is 14.8 Å². The van der Waals surface area contributed by atoms with Gasteiger partial charge in [0.25, 0.3) is 5.91 Å². The van der Waals surface area contributed by atoms with Crippen molar-refractivity contribution in [2.45, 2.75) is 12.8 Å². The van der Waals surface area contributed by atoms with E-state index in [2.05, 4.69) is 5.32 Å². The van der Waals surface area contributed by atoms with Crippen LogP contribution in [0.2, 0.25) is 5.02 Å². The van der Waals surface area contributed by atoms with Crippen LogP contribution in [-0.4, -0.2) is 39.2 Å². The predicted octanol–water partition coefficient (Wildman–Crippen LogP) is 2.80. The summed E-state index contributed by atoms with van der Waals surface area (Å²) in [5, 5.41) is 3.36. The molecule has 144 valence electrons. The number of hydrogen-bond acceptors (Lipinski definition) is 5. The number of benzene rings is 2. The third-order valence-corrected chi connectivity index (χ3v) is 4.05. The molecule has 1 N–H and O–H groups in total. The summed E-state index contributed by atoms with van der Waals surface area (Å²) in [6.45, 7) is 0.107. The molecule has 27 heavy (non-hydrogen) atoms. The molecule has 2 aromatic carbocycles. The Balaban J connectivity index is 1.74. The Hall–Kier alpha value is -2.73. The minimum absolute atomic E-state index is 0.00294. The number of carbonyl (C=O) groups is 2. The second kappa shape index (κ2) is 10.4. The van der Waals surface area contributed by atoms with Crippen LogP contribution >= 0.6 is 11.6 Å². The summed E-state index contributed by atoms with van der Waals surface area (Å²) in [6, 6.07) is 12.6. The van der Waals surface area contributed by atoms with E-state index in [1.54, 1.807) is 31.4 Å². The molecule has 2 rings (SSSR count). The second-order valence-corrected chi connectivity index (χ2v) is 6.18. The molecular formula is C20H22ClNO5. The minimum Gasteiger partial charge on any atom is -0.497 e. The van der Waals surface area contributed by atoms with Crippen molar-refractivity contribution in [2.75, 3.05) is 27.4 Å². The quantitative estimate of drug-likeness (QED) is 0.665. The lowest BCUT2D eigenvalue weighted by molar-refractivity contribution is -0.147. The third-order valence-electron chi connectivity index (χ3n) is 3.82. The van der Waals surface area contributed by atoms with Gasteiger partial charge in [-0.05, 0) is 30.2 Å². The molecule has 0 saturated heterocycles. The van der Waals surface area contributed by atoms with Crippen molar-refractivity contribution in [3.8, 4) is 11.5 Å². The normalized spacial score (nSPS) is 10.2. The van der Waals surface area contributed by atoms with E-state index in [0.717, 1.165) is 5.56 Å². The van der Waals surface area contributed by atoms with Crippen LogP contribution in [0.25, 0.3) is 0 Å². The highest BCUT2D eigenvalue weighted by Crippen LogP contribution is 2.25. The molecule has 0 aliphatic carbocycles. The SMILES string of the molecule is COc1ccc(CC(=O)OCC(=O)NCCc2cccc(Cl)c2)c(OC)c1. The first kappa shape index (κ1) is 20.6. The third kappa shape index (κ3) is 6.83. The smallest absolute Gasteiger partial charge is 0.310 e. The molecule has 2 aromatic rings. The monoisotopic (exact) mass is 391 g/mol. The molecule has 0 unspecified atom stereocenters. The number of ether oxygens (including phenoxy) is 3. The lowest BCUT2D eigenvalue weighted by Gasteiger charge is -2.10. The first-order chi connectivity index (χ1) is 13.0. The molecule has 0 radical (unpaired) electrons. The molecule has 6 nitrogen and oxygen atoms in total. The van der Waals surface area contributed by atoms with Crippen molar-refractivity contribution in [1.82, 2.24) is 5.32 Å². The van der Waals surface area contributed by atoms with Crippen molar-refractivity contribution in [3.63, 3.8) is 0 Å². The van der Waals surface area contributed by atoms with Gasteiger partial charge in [0.15, 0.2) is 6.61 Å². The van der Waals surface area contributed by atoms with Gasteiger partial charge in [0.05, 0.1) is 20.6 Å². The average Bonchev–Trinajstić information content (AvgIpc) is 2.66. The predicted molar refractivity (Wildman–Crippen MR) is 102 cm³/mol. The van der Waals surface area contributed by atoms with Crippen molar-refractivity contribution >= 4 is 23.5 Å². The summed E-state index contributed by atoms with van der Waals surface area (Å²) >= 11 is 5.92. The van der Waals surface area contributed by atoms with Gasteiger partial charge in [-0.25, -0.2) is 0 Å². The summed E-state index contributed by atoms with van der Waals surface area (Å²) in [7, 11) is 3.06. The Kier molecular flexibility index (Phi) is 7.95. The highest BCUT2D eigenvalue weighted by atomic mass is 35.5. The van der Waals surface area contributed by atoms with Gasteiger partial charge in [-0.15, -0.1) is 0 Å². The molecule has 0 aromatic heterocycles. The Morgan fingerprint density at radius 3 is 2.59 bits per heavy atom. The number of rotatable bonds is 9. The van der Waals surface area contributed by atoms with E-state index in [0.29, 0.717) is 35.1 Å². The van der Waals surface area contributed by atoms with Crippen LogP contribution in [0.15, 0.2) is 42.5 Å². The summed E-state index contributed by atoms with van der Waals surface area (Å²) < 4.78 is 15.4. The van der Waals surface area contributed by atoms with E-state index < -0.39 is 5.97 Å². The van der Waals surface area contributed by atoms with Crippen LogP contribution in [0.3, 0.4) is 0 Å². The molecule has 0 aliphatic rings. The van der Waals surface area contributed by atoms with Gasteiger partial charge >= 0.3 is 5.97 Å². The molecular weight excluding hydrogens is 370 g/mol. The molecule has 0 atom stereocenters. The number of methoxy groups -OCH3 is 2. The molecule has 0 fully saturated rings. The molecule has 1 amide bonds. The van der Waals surface area contributed by atoms with E-state index in [4.69, 9.17) is 25.8 Å². The molecule has 0 aliphatic heterocycles. The Morgan fingerprint density at radius 2 is 1.89 bits per heavy atom. The van der Waals surface area contributed by atoms with E-state index in [9.17, 15) is 9.59 Å². The van der Waals surface area contributed by atoms with Crippen molar-refractivity contribution < 1.29 is 23.8 Å². The van der Waals surface area contributed by atoms with Crippen molar-refractivity contribution in [2.24, 2.45) is 0 Å². The number of amides is 1. The van der Waals surface area contributed by atoms with Crippen LogP contribution in [0.1, 0.15) is 11.1 Å². The van der Waals surface area contributed by atoms with Crippen molar-refractivity contribution in [1.29, 1.82) is 0 Å². The lowest BCUT2D eigenvalue weighted by Crippen LogP contribution is -2.30. The summed E-state index contributed by atoms with van der Waals surface area (Å²) in [6.07, 6.45) is 0.645. The molecule has 0 heterocycles. The van der Waals surface area contributed by atoms with Gasteiger partial charge in [-0.2, -0.15) is 0 Å². The maximum absolute atomic E-state index is 12.0. The van der Waals surface area contributed by atoms with Gasteiger partial charge in [-0.3, -0.25) is 9.59 Å². The number of esters is 1. The Bertz CT molecular complexity index is 794. The standard InChI is InChI=1S/C20H22ClNO5/c1-25-17-7-6-15(18(12-17)26-2)11-20(24)27-13-19(23)22-9-8-14-4-3-5-16(21)10-14/h3-7,10,12H,8-9,11,13H2,1-2H3,(H,22,23). The number of nitrogens with one attached hydrogen (secondary N) is 1. The second-order valence-electron chi connectivity index (χ2n) is 5.75. The summed E-state index contributed by atoms with van der Waals surface area (Å²) in [4.78, 5) is 23.8. The number of halogens is 1. The minimum atomic E-state index is -0.511. The van der Waals surface area contributed by atoms with Gasteiger partial charge in [0, 0.05) is 23.2 Å². The molecule has 0 spiro atoms. The number of hydrogen-bond donors (Lipinski definition) is 1. The molecule has 0 saturated carbocycles. The lowest BCUT2D eigenvalue weighted by atomic mass is 10.1. The van der Waals surface area contributed by atoms with Gasteiger partial charge in [0.1, 0.15) is 11.5 Å². The summed E-state index contributed by atoms with van der Waals surface area (Å²) in [5.41, 5.74) is 1.68. The highest BCUT2D eigenvalue weighted by molar-refractivity contribution is 6.30. The Morgan fingerprint density at radius 1 is 1.07 bits per heavy atom. The van der Waals surface area contributed by atoms with Crippen LogP contribution in [0.4, 0.5) is 0 Å². The number of carbonyl (C=O) groups excluding carboxylic acids is 2. The fraction of sp³-hybridized carbons (Fsp3) is 0.300. The summed E-state index contributed by atoms with van der Waals surface area (Å²) in [5.74, 6) is 0.288. The fourth-order valence-electron chi connectivity index (χ4n) is 2.44. The first-order valence-corrected chi connectivity index (χ1v) is 8.77. The van der Waals surface area contributed by atoms with Crippen LogP contribution in [0.5, 0.6) is 11.5 Å². The zero-order valence-corrected chi connectivity index (χ0v) is 16.0. The van der Waals surface area contributed by atoms with Gasteiger partial charge in [-0.1, -0.05) is 29.8 Å². The van der Waals surface area contributed by atoms with Crippen LogP contribution in [-0.2, 0) is 27.2 Å². The highest BCUT2D eigenvalue weighted by Gasteiger charge is 2.12. The topological polar surface area (TPSA) is 73.9 Å². The zero-order valence-electron chi connectivity index (χ0n) is 15.3. The van der Waals surface area contributed by atoms with E-state index in [1.165, 1.54) is 7.11 Å². The van der Waals surface area contributed by atoms with Crippen molar-refractivity contribution in [3.05, 3.63) is 58.6 Å². The van der Waals surface area contributed by atoms with E-state index in [1.807, 2.05) is 18.2 Å². The maximum atomic E-state index is 12.0. The van der Waals surface area contributed by atoms with E-state index in [-0.39, 0.29) is 18.9 Å². The van der Waals surface area contributed by atoms with E-state index >= 15 is 0 Å². The average molecular weight is 392 g/mol.